The Bertz CT molecular complexity index is 1020. The van der Waals surface area contributed by atoms with Crippen LogP contribution in [-0.2, 0) is 9.59 Å². The second-order valence-electron chi connectivity index (χ2n) is 6.40. The second kappa shape index (κ2) is 9.11. The number of amides is 2. The molecule has 0 radical (unpaired) electrons. The Morgan fingerprint density at radius 1 is 1.17 bits per heavy atom. The molecule has 0 spiro atoms. The highest BCUT2D eigenvalue weighted by molar-refractivity contribution is 8.26. The third-order valence-electron chi connectivity index (χ3n) is 4.28. The number of ether oxygens (including phenoxy) is 2. The van der Waals surface area contributed by atoms with Crippen molar-refractivity contribution >= 4 is 51.9 Å². The molecule has 8 heteroatoms. The summed E-state index contributed by atoms with van der Waals surface area (Å²) in [6.45, 7) is 3.85. The minimum Gasteiger partial charge on any atom is -0.493 e. The van der Waals surface area contributed by atoms with Crippen LogP contribution in [0.15, 0.2) is 41.3 Å². The minimum absolute atomic E-state index is 0.156. The molecule has 2 aromatic carbocycles. The molecular weight excluding hydrogens is 408 g/mol. The van der Waals surface area contributed by atoms with Crippen molar-refractivity contribution in [1.29, 1.82) is 0 Å². The molecule has 0 unspecified atom stereocenters. The van der Waals surface area contributed by atoms with E-state index in [0.29, 0.717) is 20.7 Å². The predicted molar refractivity (Wildman–Crippen MR) is 119 cm³/mol. The summed E-state index contributed by atoms with van der Waals surface area (Å²) in [6.07, 6.45) is 1.72. The van der Waals surface area contributed by atoms with Gasteiger partial charge in [0, 0.05) is 5.69 Å². The van der Waals surface area contributed by atoms with Crippen LogP contribution in [0, 0.1) is 13.8 Å². The van der Waals surface area contributed by atoms with Crippen LogP contribution in [-0.4, -0.2) is 29.9 Å². The first-order valence-corrected chi connectivity index (χ1v) is 10.0. The lowest BCUT2D eigenvalue weighted by molar-refractivity contribution is -0.118. The molecule has 0 aliphatic carbocycles. The van der Waals surface area contributed by atoms with Crippen LogP contribution in [0.2, 0.25) is 0 Å². The van der Waals surface area contributed by atoms with Crippen LogP contribution >= 0.6 is 24.0 Å². The molecule has 2 aromatic rings. The fourth-order valence-corrected chi connectivity index (χ4v) is 3.67. The highest BCUT2D eigenvalue weighted by Crippen LogP contribution is 2.31. The van der Waals surface area contributed by atoms with E-state index in [0.717, 1.165) is 22.4 Å². The first-order chi connectivity index (χ1) is 13.9. The molecule has 1 aliphatic rings. The molecule has 0 aromatic heterocycles. The van der Waals surface area contributed by atoms with Gasteiger partial charge >= 0.3 is 0 Å². The number of benzene rings is 2. The molecule has 1 saturated heterocycles. The van der Waals surface area contributed by atoms with Crippen molar-refractivity contribution in [2.45, 2.75) is 13.8 Å². The van der Waals surface area contributed by atoms with E-state index in [1.807, 2.05) is 32.0 Å². The SMILES string of the molecule is COc1cc(/C=C2\SC(=S)NC2=O)ccc1OCC(=O)Nc1ccc(C)c(C)c1. The zero-order valence-corrected chi connectivity index (χ0v) is 17.8. The van der Waals surface area contributed by atoms with Gasteiger partial charge in [-0.05, 0) is 60.9 Å². The first kappa shape index (κ1) is 20.9. The second-order valence-corrected chi connectivity index (χ2v) is 8.12. The summed E-state index contributed by atoms with van der Waals surface area (Å²) in [5.74, 6) is 0.407. The normalized spacial score (nSPS) is 14.7. The lowest BCUT2D eigenvalue weighted by atomic mass is 10.1. The summed E-state index contributed by atoms with van der Waals surface area (Å²) in [6, 6.07) is 10.9. The smallest absolute Gasteiger partial charge is 0.263 e. The Morgan fingerprint density at radius 3 is 2.62 bits per heavy atom. The first-order valence-electron chi connectivity index (χ1n) is 8.78. The molecule has 2 N–H and O–H groups in total. The standard InChI is InChI=1S/C21H20N2O4S2/c1-12-4-6-15(8-13(12)2)22-19(24)11-27-16-7-5-14(9-17(16)26-3)10-18-20(25)23-21(28)29-18/h4-10H,11H2,1-3H3,(H,22,24)(H,23,25,28)/b18-10-. The van der Waals surface area contributed by atoms with Crippen LogP contribution in [0.4, 0.5) is 5.69 Å². The molecule has 2 amide bonds. The number of nitrogens with one attached hydrogen (secondary N) is 2. The fourth-order valence-electron chi connectivity index (χ4n) is 2.63. The number of methoxy groups -OCH3 is 1. The van der Waals surface area contributed by atoms with E-state index in [2.05, 4.69) is 10.6 Å². The summed E-state index contributed by atoms with van der Waals surface area (Å²) in [5, 5.41) is 5.39. The van der Waals surface area contributed by atoms with Crippen LogP contribution in [0.1, 0.15) is 16.7 Å². The number of carbonyl (C=O) groups excluding carboxylic acids is 2. The molecule has 0 saturated carbocycles. The van der Waals surface area contributed by atoms with Gasteiger partial charge in [0.1, 0.15) is 4.32 Å². The topological polar surface area (TPSA) is 76.7 Å². The van der Waals surface area contributed by atoms with E-state index in [4.69, 9.17) is 21.7 Å². The van der Waals surface area contributed by atoms with Gasteiger partial charge in [-0.2, -0.15) is 0 Å². The number of aryl methyl sites for hydroxylation is 2. The zero-order valence-electron chi connectivity index (χ0n) is 16.2. The Morgan fingerprint density at radius 2 is 1.97 bits per heavy atom. The van der Waals surface area contributed by atoms with Gasteiger partial charge in [-0.3, -0.25) is 9.59 Å². The quantitative estimate of drug-likeness (QED) is 0.538. The molecule has 1 fully saturated rings. The predicted octanol–water partition coefficient (Wildman–Crippen LogP) is 3.82. The van der Waals surface area contributed by atoms with Gasteiger partial charge in [0.15, 0.2) is 18.1 Å². The molecular formula is C21H20N2O4S2. The van der Waals surface area contributed by atoms with Crippen molar-refractivity contribution < 1.29 is 19.1 Å². The summed E-state index contributed by atoms with van der Waals surface area (Å²) >= 11 is 6.20. The summed E-state index contributed by atoms with van der Waals surface area (Å²) in [4.78, 5) is 24.5. The number of anilines is 1. The Labute approximate surface area is 178 Å². The van der Waals surface area contributed by atoms with Crippen LogP contribution in [0.25, 0.3) is 6.08 Å². The molecule has 150 valence electrons. The van der Waals surface area contributed by atoms with Crippen molar-refractivity contribution in [2.75, 3.05) is 19.0 Å². The van der Waals surface area contributed by atoms with Gasteiger partial charge in [0.25, 0.3) is 11.8 Å². The van der Waals surface area contributed by atoms with Gasteiger partial charge in [0.2, 0.25) is 0 Å². The van der Waals surface area contributed by atoms with Gasteiger partial charge in [-0.15, -0.1) is 0 Å². The third kappa shape index (κ3) is 5.36. The van der Waals surface area contributed by atoms with Crippen molar-refractivity contribution in [3.05, 3.63) is 58.0 Å². The molecule has 0 bridgehead atoms. The van der Waals surface area contributed by atoms with E-state index in [9.17, 15) is 9.59 Å². The monoisotopic (exact) mass is 428 g/mol. The lowest BCUT2D eigenvalue weighted by Gasteiger charge is -2.12. The maximum absolute atomic E-state index is 12.2. The highest BCUT2D eigenvalue weighted by Gasteiger charge is 2.22. The highest BCUT2D eigenvalue weighted by atomic mass is 32.2. The number of rotatable bonds is 6. The summed E-state index contributed by atoms with van der Waals surface area (Å²) in [7, 11) is 1.51. The van der Waals surface area contributed by atoms with Crippen molar-refractivity contribution in [2.24, 2.45) is 0 Å². The number of hydrogen-bond donors (Lipinski definition) is 2. The van der Waals surface area contributed by atoms with Crippen molar-refractivity contribution in [3.8, 4) is 11.5 Å². The van der Waals surface area contributed by atoms with Crippen molar-refractivity contribution in [1.82, 2.24) is 5.32 Å². The van der Waals surface area contributed by atoms with Gasteiger partial charge in [0.05, 0.1) is 12.0 Å². The average molecular weight is 429 g/mol. The lowest BCUT2D eigenvalue weighted by Crippen LogP contribution is -2.20. The Balaban J connectivity index is 1.65. The van der Waals surface area contributed by atoms with E-state index < -0.39 is 0 Å². The average Bonchev–Trinajstić information content (AvgIpc) is 3.00. The summed E-state index contributed by atoms with van der Waals surface area (Å²) < 4.78 is 11.4. The van der Waals surface area contributed by atoms with E-state index in [1.54, 1.807) is 24.3 Å². The molecule has 1 aliphatic heterocycles. The third-order valence-corrected chi connectivity index (χ3v) is 5.44. The van der Waals surface area contributed by atoms with Crippen LogP contribution in [0.3, 0.4) is 0 Å². The number of hydrogen-bond acceptors (Lipinski definition) is 6. The summed E-state index contributed by atoms with van der Waals surface area (Å²) in [5.41, 5.74) is 3.75. The Kier molecular flexibility index (Phi) is 6.56. The minimum atomic E-state index is -0.269. The van der Waals surface area contributed by atoms with Crippen molar-refractivity contribution in [3.63, 3.8) is 0 Å². The van der Waals surface area contributed by atoms with Gasteiger partial charge < -0.3 is 20.1 Å². The molecule has 1 heterocycles. The van der Waals surface area contributed by atoms with Crippen LogP contribution < -0.4 is 20.1 Å². The largest absolute Gasteiger partial charge is 0.493 e. The van der Waals surface area contributed by atoms with Crippen LogP contribution in [0.5, 0.6) is 11.5 Å². The zero-order chi connectivity index (χ0) is 21.0. The number of thioether (sulfide) groups is 1. The molecule has 29 heavy (non-hydrogen) atoms. The van der Waals surface area contributed by atoms with E-state index in [1.165, 1.54) is 18.9 Å². The van der Waals surface area contributed by atoms with Gasteiger partial charge in [-0.1, -0.05) is 36.1 Å². The number of carbonyl (C=O) groups is 2. The molecule has 6 nitrogen and oxygen atoms in total. The fraction of sp³-hybridized carbons (Fsp3) is 0.190. The molecule has 0 atom stereocenters. The maximum atomic E-state index is 12.2. The number of thiocarbonyl (C=S) groups is 1. The molecule has 3 rings (SSSR count). The maximum Gasteiger partial charge on any atom is 0.263 e. The Hall–Kier alpha value is -2.84. The van der Waals surface area contributed by atoms with E-state index in [-0.39, 0.29) is 18.4 Å². The van der Waals surface area contributed by atoms with E-state index >= 15 is 0 Å². The van der Waals surface area contributed by atoms with Gasteiger partial charge in [-0.25, -0.2) is 0 Å².